The first-order valence-electron chi connectivity index (χ1n) is 11.1. The van der Waals surface area contributed by atoms with Gasteiger partial charge >= 0.3 is 5.69 Å². The normalized spacial score (nSPS) is 13.8. The fourth-order valence-corrected chi connectivity index (χ4v) is 4.17. The predicted molar refractivity (Wildman–Crippen MR) is 124 cm³/mol. The molecule has 1 fully saturated rings. The number of amides is 2. The summed E-state index contributed by atoms with van der Waals surface area (Å²) >= 11 is 0. The van der Waals surface area contributed by atoms with Crippen molar-refractivity contribution < 1.29 is 33.1 Å². The van der Waals surface area contributed by atoms with Crippen molar-refractivity contribution in [2.75, 3.05) is 41.0 Å². The van der Waals surface area contributed by atoms with Crippen LogP contribution in [0.5, 0.6) is 17.2 Å². The molecule has 0 saturated carbocycles. The molecule has 1 N–H and O–H groups in total. The standard InChI is InChI=1S/C24H28FN3O7/c1-33-19-14-17(20(28(31)32)22(35-3)21(19)34-2)24(30)27-12-9-16(10-13-27)23(29)26-11-8-15-6-4-5-7-18(15)25/h4-7,14,16H,8-13H2,1-3H3,(H,26,29). The summed E-state index contributed by atoms with van der Waals surface area (Å²) in [5.74, 6) is -1.40. The number of ether oxygens (including phenoxy) is 3. The molecule has 2 aromatic carbocycles. The van der Waals surface area contributed by atoms with Crippen LogP contribution in [0.4, 0.5) is 10.1 Å². The van der Waals surface area contributed by atoms with E-state index in [2.05, 4.69) is 5.32 Å². The summed E-state index contributed by atoms with van der Waals surface area (Å²) in [6.07, 6.45) is 1.17. The molecule has 11 heteroatoms. The summed E-state index contributed by atoms with van der Waals surface area (Å²) in [5, 5.41) is 14.6. The lowest BCUT2D eigenvalue weighted by Crippen LogP contribution is -2.43. The summed E-state index contributed by atoms with van der Waals surface area (Å²) in [4.78, 5) is 38.4. The molecule has 1 saturated heterocycles. The third-order valence-electron chi connectivity index (χ3n) is 6.02. The van der Waals surface area contributed by atoms with Gasteiger partial charge in [-0.15, -0.1) is 0 Å². The van der Waals surface area contributed by atoms with E-state index >= 15 is 0 Å². The molecule has 10 nitrogen and oxygen atoms in total. The lowest BCUT2D eigenvalue weighted by molar-refractivity contribution is -0.386. The highest BCUT2D eigenvalue weighted by atomic mass is 19.1. The zero-order valence-corrected chi connectivity index (χ0v) is 19.8. The Kier molecular flexibility index (Phi) is 8.45. The first-order chi connectivity index (χ1) is 16.8. The minimum atomic E-state index is -0.691. The van der Waals surface area contributed by atoms with Gasteiger partial charge in [0.25, 0.3) is 5.91 Å². The van der Waals surface area contributed by atoms with Crippen molar-refractivity contribution in [3.63, 3.8) is 0 Å². The summed E-state index contributed by atoms with van der Waals surface area (Å²) in [6.45, 7) is 0.798. The van der Waals surface area contributed by atoms with E-state index in [-0.39, 0.29) is 53.5 Å². The minimum Gasteiger partial charge on any atom is -0.493 e. The van der Waals surface area contributed by atoms with Crippen LogP contribution in [0, 0.1) is 21.8 Å². The molecule has 0 spiro atoms. The highest BCUT2D eigenvalue weighted by Gasteiger charge is 2.36. The lowest BCUT2D eigenvalue weighted by atomic mass is 9.95. The molecule has 188 valence electrons. The number of rotatable bonds is 9. The maximum atomic E-state index is 13.7. The number of carbonyl (C=O) groups is 2. The van der Waals surface area contributed by atoms with Crippen molar-refractivity contribution in [3.05, 3.63) is 57.4 Å². The zero-order valence-electron chi connectivity index (χ0n) is 19.8. The summed E-state index contributed by atoms with van der Waals surface area (Å²) < 4.78 is 29.3. The molecular weight excluding hydrogens is 461 g/mol. The minimum absolute atomic E-state index is 0.0176. The van der Waals surface area contributed by atoms with Gasteiger partial charge in [0.2, 0.25) is 17.4 Å². The van der Waals surface area contributed by atoms with Gasteiger partial charge in [-0.25, -0.2) is 4.39 Å². The highest BCUT2D eigenvalue weighted by molar-refractivity contribution is 6.00. The number of nitro groups is 1. The third kappa shape index (κ3) is 5.61. The fourth-order valence-electron chi connectivity index (χ4n) is 4.17. The van der Waals surface area contributed by atoms with E-state index < -0.39 is 16.5 Å². The molecule has 1 aliphatic rings. The van der Waals surface area contributed by atoms with Gasteiger partial charge in [0, 0.05) is 31.6 Å². The van der Waals surface area contributed by atoms with E-state index in [1.54, 1.807) is 18.2 Å². The van der Waals surface area contributed by atoms with E-state index in [4.69, 9.17) is 14.2 Å². The van der Waals surface area contributed by atoms with Crippen LogP contribution in [0.15, 0.2) is 30.3 Å². The monoisotopic (exact) mass is 489 g/mol. The Hall–Kier alpha value is -3.89. The van der Waals surface area contributed by atoms with Crippen molar-refractivity contribution in [3.8, 4) is 17.2 Å². The number of nitrogens with zero attached hydrogens (tertiary/aromatic N) is 2. The smallest absolute Gasteiger partial charge is 0.327 e. The number of methoxy groups -OCH3 is 3. The number of likely N-dealkylation sites (tertiary alicyclic amines) is 1. The number of hydrogen-bond donors (Lipinski definition) is 1. The SMILES string of the molecule is COc1cc(C(=O)N2CCC(C(=O)NCCc3ccccc3F)CC2)c([N+](=O)[O-])c(OC)c1OC. The Balaban J connectivity index is 1.66. The average molecular weight is 490 g/mol. The molecule has 3 rings (SSSR count). The maximum absolute atomic E-state index is 13.7. The second-order valence-corrected chi connectivity index (χ2v) is 8.00. The van der Waals surface area contributed by atoms with Crippen LogP contribution in [0.2, 0.25) is 0 Å². The molecule has 0 radical (unpaired) electrons. The van der Waals surface area contributed by atoms with E-state index in [9.17, 15) is 24.1 Å². The topological polar surface area (TPSA) is 120 Å². The van der Waals surface area contributed by atoms with Crippen molar-refractivity contribution in [2.24, 2.45) is 5.92 Å². The number of piperidine rings is 1. The Morgan fingerprint density at radius 1 is 1.11 bits per heavy atom. The quantitative estimate of drug-likeness (QED) is 0.425. The second kappa shape index (κ2) is 11.5. The molecule has 0 aliphatic carbocycles. The number of hydrogen-bond acceptors (Lipinski definition) is 7. The predicted octanol–water partition coefficient (Wildman–Crippen LogP) is 2.97. The maximum Gasteiger partial charge on any atom is 0.327 e. The molecule has 0 atom stereocenters. The average Bonchev–Trinajstić information content (AvgIpc) is 2.87. The molecule has 1 aliphatic heterocycles. The zero-order chi connectivity index (χ0) is 25.5. The Labute approximate surface area is 202 Å². The van der Waals surface area contributed by atoms with Crippen LogP contribution in [-0.2, 0) is 11.2 Å². The van der Waals surface area contributed by atoms with Gasteiger partial charge in [-0.05, 0) is 30.9 Å². The van der Waals surface area contributed by atoms with Crippen LogP contribution >= 0.6 is 0 Å². The largest absolute Gasteiger partial charge is 0.493 e. The Bertz CT molecular complexity index is 1100. The molecule has 0 unspecified atom stereocenters. The van der Waals surface area contributed by atoms with E-state index in [0.29, 0.717) is 31.4 Å². The number of carbonyl (C=O) groups excluding carboxylic acids is 2. The van der Waals surface area contributed by atoms with Gasteiger partial charge < -0.3 is 24.4 Å². The number of nitrogens with one attached hydrogen (secondary N) is 1. The summed E-state index contributed by atoms with van der Waals surface area (Å²) in [7, 11) is 3.92. The van der Waals surface area contributed by atoms with Crippen molar-refractivity contribution in [1.82, 2.24) is 10.2 Å². The first kappa shape index (κ1) is 25.7. The van der Waals surface area contributed by atoms with Crippen LogP contribution in [-0.4, -0.2) is 62.6 Å². The number of nitro benzene ring substituents is 1. The van der Waals surface area contributed by atoms with Crippen LogP contribution in [0.3, 0.4) is 0 Å². The van der Waals surface area contributed by atoms with Crippen molar-refractivity contribution >= 4 is 17.5 Å². The Morgan fingerprint density at radius 2 is 1.77 bits per heavy atom. The molecule has 2 amide bonds. The molecular formula is C24H28FN3O7. The van der Waals surface area contributed by atoms with Gasteiger partial charge in [0.05, 0.1) is 26.3 Å². The van der Waals surface area contributed by atoms with Crippen molar-refractivity contribution in [2.45, 2.75) is 19.3 Å². The first-order valence-corrected chi connectivity index (χ1v) is 11.1. The summed E-state index contributed by atoms with van der Waals surface area (Å²) in [6, 6.07) is 7.67. The van der Waals surface area contributed by atoms with E-state index in [1.165, 1.54) is 38.4 Å². The molecule has 35 heavy (non-hydrogen) atoms. The molecule has 1 heterocycles. The van der Waals surface area contributed by atoms with E-state index in [1.807, 2.05) is 0 Å². The second-order valence-electron chi connectivity index (χ2n) is 8.00. The van der Waals surface area contributed by atoms with Crippen LogP contribution in [0.1, 0.15) is 28.8 Å². The van der Waals surface area contributed by atoms with Gasteiger partial charge in [-0.1, -0.05) is 18.2 Å². The van der Waals surface area contributed by atoms with E-state index in [0.717, 1.165) is 0 Å². The van der Waals surface area contributed by atoms with Gasteiger partial charge in [-0.3, -0.25) is 19.7 Å². The van der Waals surface area contributed by atoms with Gasteiger partial charge in [-0.2, -0.15) is 0 Å². The molecule has 2 aromatic rings. The van der Waals surface area contributed by atoms with Crippen LogP contribution in [0.25, 0.3) is 0 Å². The lowest BCUT2D eigenvalue weighted by Gasteiger charge is -2.31. The number of halogens is 1. The molecule has 0 bridgehead atoms. The highest BCUT2D eigenvalue weighted by Crippen LogP contribution is 2.46. The number of benzene rings is 2. The van der Waals surface area contributed by atoms with Gasteiger partial charge in [0.1, 0.15) is 11.4 Å². The van der Waals surface area contributed by atoms with Gasteiger partial charge in [0.15, 0.2) is 5.75 Å². The Morgan fingerprint density at radius 3 is 2.34 bits per heavy atom. The summed E-state index contributed by atoms with van der Waals surface area (Å²) in [5.41, 5.74) is -0.166. The van der Waals surface area contributed by atoms with Crippen LogP contribution < -0.4 is 19.5 Å². The molecule has 0 aromatic heterocycles. The van der Waals surface area contributed by atoms with Crippen molar-refractivity contribution in [1.29, 1.82) is 0 Å². The third-order valence-corrected chi connectivity index (χ3v) is 6.02. The fraction of sp³-hybridized carbons (Fsp3) is 0.417.